The summed E-state index contributed by atoms with van der Waals surface area (Å²) in [7, 11) is 2.74. The Morgan fingerprint density at radius 1 is 0.404 bits per heavy atom. The summed E-state index contributed by atoms with van der Waals surface area (Å²) in [5.74, 6) is -0.819. The van der Waals surface area contributed by atoms with E-state index in [9.17, 15) is 9.59 Å². The number of carbonyl (C=O) groups is 2. The fraction of sp³-hybridized carbons (Fsp3) is 0.0417. The predicted molar refractivity (Wildman–Crippen MR) is 221 cm³/mol. The molecule has 0 spiro atoms. The van der Waals surface area contributed by atoms with Crippen molar-refractivity contribution >= 4 is 58.3 Å². The van der Waals surface area contributed by atoms with Gasteiger partial charge in [-0.05, 0) is 93.1 Å². The van der Waals surface area contributed by atoms with Gasteiger partial charge in [0.25, 0.3) is 0 Å². The molecule has 3 aromatic heterocycles. The van der Waals surface area contributed by atoms with Crippen molar-refractivity contribution < 1.29 is 38.5 Å². The van der Waals surface area contributed by atoms with Crippen LogP contribution in [0.4, 0.5) is 0 Å². The molecule has 0 fully saturated rings. The number of esters is 2. The number of methoxy groups -OCH3 is 2. The Kier molecular flexibility index (Phi) is 10.2. The van der Waals surface area contributed by atoms with Crippen LogP contribution in [0.1, 0.15) is 43.5 Å². The van der Waals surface area contributed by atoms with Crippen molar-refractivity contribution in [2.75, 3.05) is 14.2 Å². The Hall–Kier alpha value is -6.96. The second-order valence-electron chi connectivity index (χ2n) is 13.2. The van der Waals surface area contributed by atoms with Gasteiger partial charge in [0, 0.05) is 0 Å². The topological polar surface area (TPSA) is 107 Å². The van der Waals surface area contributed by atoms with E-state index in [4.69, 9.17) is 29.4 Å². The van der Waals surface area contributed by atoms with Crippen molar-refractivity contribution in [1.82, 2.24) is 19.9 Å². The van der Waals surface area contributed by atoms with Crippen LogP contribution in [0.25, 0.3) is 90.9 Å². The molecule has 0 saturated heterocycles. The van der Waals surface area contributed by atoms with Gasteiger partial charge in [0.05, 0.1) is 48.1 Å². The fourth-order valence-corrected chi connectivity index (χ4v) is 7.26. The first-order valence-electron chi connectivity index (χ1n) is 18.0. The number of hydrogen-bond donors (Lipinski definition) is 0. The number of ether oxygens (including phenoxy) is 2. The number of nitrogens with zero attached hydrogens (tertiary/aromatic N) is 4. The third-order valence-electron chi connectivity index (χ3n) is 9.92. The molecule has 0 unspecified atom stereocenters. The van der Waals surface area contributed by atoms with Crippen molar-refractivity contribution in [1.29, 1.82) is 0 Å². The Labute approximate surface area is 341 Å². The first kappa shape index (κ1) is 37.0. The molecule has 0 N–H and O–H groups in total. The van der Waals surface area contributed by atoms with Crippen LogP contribution in [-0.4, -0.2) is 36.1 Å². The summed E-state index contributed by atoms with van der Waals surface area (Å²) < 4.78 is 9.95. The van der Waals surface area contributed by atoms with Gasteiger partial charge >= 0.3 is 31.4 Å². The largest absolute Gasteiger partial charge is 2.00 e. The van der Waals surface area contributed by atoms with Gasteiger partial charge in [-0.3, -0.25) is 0 Å². The van der Waals surface area contributed by atoms with Gasteiger partial charge in [-0.2, -0.15) is 0 Å². The summed E-state index contributed by atoms with van der Waals surface area (Å²) in [6, 6.07) is 42.9. The van der Waals surface area contributed by atoms with E-state index in [0.29, 0.717) is 11.1 Å². The number of aromatic nitrogens is 4. The van der Waals surface area contributed by atoms with Gasteiger partial charge in [-0.15, -0.1) is 22.1 Å². The molecule has 270 valence electrons. The molecule has 0 amide bonds. The summed E-state index contributed by atoms with van der Waals surface area (Å²) >= 11 is 0. The molecule has 0 radical (unpaired) electrons. The summed E-state index contributed by atoms with van der Waals surface area (Å²) in [6.45, 7) is 0. The Balaban J connectivity index is 0.00000455. The van der Waals surface area contributed by atoms with Crippen molar-refractivity contribution in [3.05, 3.63) is 167 Å². The number of carbonyl (C=O) groups excluding carboxylic acids is 2. The third-order valence-corrected chi connectivity index (χ3v) is 9.92. The van der Waals surface area contributed by atoms with E-state index in [1.165, 1.54) is 14.2 Å². The van der Waals surface area contributed by atoms with Crippen molar-refractivity contribution in [2.24, 2.45) is 0 Å². The maximum atomic E-state index is 12.4. The van der Waals surface area contributed by atoms with Crippen LogP contribution >= 0.6 is 0 Å². The molecule has 8 bridgehead atoms. The average Bonchev–Trinajstić information content (AvgIpc) is 4.10. The second kappa shape index (κ2) is 15.7. The third kappa shape index (κ3) is 6.94. The van der Waals surface area contributed by atoms with Crippen molar-refractivity contribution in [3.63, 3.8) is 0 Å². The van der Waals surface area contributed by atoms with E-state index in [2.05, 4.69) is 24.3 Å². The molecule has 2 aliphatic rings. The standard InChI is InChI=1S/C48H33N4O4.Zn/c1-55-47(53)33-17-13-31(14-18-33)45-39-25-21-35(49-39)43(29-9-5-3-6-10-29)37-23-27-41(51-37)46(32-15-19-34(20-16-32)48(54)56-2)42-28-24-38(52-42)44(30-11-7-4-8-12-30)36-22-26-40(45)50-36;/h3-28H,1-2H3,(H-,49,50,51,52,53,54);/q-1;+2/p-1. The molecule has 0 aliphatic carbocycles. The SMILES string of the molecule is COC(=O)c1ccc(-c2c3nc(c(-c4ccccc4)c4ccc([n-]4)c(-c4ccc(C(=O)OC)cc4)c4nc(c(-c5ccccc5)c5ccc2[n-]5)C=C4)C=C3)cc1.[Zn+2]. The summed E-state index contributed by atoms with van der Waals surface area (Å²) in [5.41, 5.74) is 13.7. The van der Waals surface area contributed by atoms with E-state index in [1.807, 2.05) is 109 Å². The molecule has 4 aromatic carbocycles. The molecule has 2 aliphatic heterocycles. The first-order valence-corrected chi connectivity index (χ1v) is 18.0. The quantitative estimate of drug-likeness (QED) is 0.121. The predicted octanol–water partition coefficient (Wildman–Crippen LogP) is 10.2. The maximum absolute atomic E-state index is 12.4. The van der Waals surface area contributed by atoms with Crippen LogP contribution < -0.4 is 9.97 Å². The van der Waals surface area contributed by atoms with E-state index in [1.54, 1.807) is 24.3 Å². The minimum Gasteiger partial charge on any atom is -0.657 e. The summed E-state index contributed by atoms with van der Waals surface area (Å²) in [5, 5.41) is 0. The zero-order valence-corrected chi connectivity index (χ0v) is 34.1. The van der Waals surface area contributed by atoms with Gasteiger partial charge in [-0.25, -0.2) is 19.6 Å². The zero-order valence-electron chi connectivity index (χ0n) is 31.1. The normalized spacial score (nSPS) is 11.5. The van der Waals surface area contributed by atoms with Gasteiger partial charge in [-0.1, -0.05) is 109 Å². The molecular formula is C48H32N4O4Zn. The van der Waals surface area contributed by atoms with Crippen molar-refractivity contribution in [2.45, 2.75) is 0 Å². The van der Waals surface area contributed by atoms with E-state index in [-0.39, 0.29) is 19.5 Å². The van der Waals surface area contributed by atoms with Gasteiger partial charge in [0.1, 0.15) is 0 Å². The van der Waals surface area contributed by atoms with Crippen LogP contribution in [0.5, 0.6) is 0 Å². The average molecular weight is 794 g/mol. The Morgan fingerprint density at radius 3 is 0.965 bits per heavy atom. The molecule has 57 heavy (non-hydrogen) atoms. The summed E-state index contributed by atoms with van der Waals surface area (Å²) in [6.07, 6.45) is 8.04. The van der Waals surface area contributed by atoms with Gasteiger partial charge in [0.15, 0.2) is 0 Å². The first-order chi connectivity index (χ1) is 27.5. The molecule has 9 rings (SSSR count). The molecule has 0 atom stereocenters. The molecule has 8 nitrogen and oxygen atoms in total. The maximum Gasteiger partial charge on any atom is 2.00 e. The van der Waals surface area contributed by atoms with E-state index in [0.717, 1.165) is 89.4 Å². The van der Waals surface area contributed by atoms with Gasteiger partial charge < -0.3 is 19.4 Å². The van der Waals surface area contributed by atoms with E-state index < -0.39 is 11.9 Å². The van der Waals surface area contributed by atoms with Crippen LogP contribution in [0.3, 0.4) is 0 Å². The smallest absolute Gasteiger partial charge is 0.657 e. The van der Waals surface area contributed by atoms with Crippen LogP contribution in [0, 0.1) is 0 Å². The van der Waals surface area contributed by atoms with Crippen LogP contribution in [0.2, 0.25) is 0 Å². The number of benzene rings is 4. The second-order valence-corrected chi connectivity index (χ2v) is 13.2. The van der Waals surface area contributed by atoms with Crippen LogP contribution in [-0.2, 0) is 29.0 Å². The molecule has 7 aromatic rings. The van der Waals surface area contributed by atoms with Crippen molar-refractivity contribution in [3.8, 4) is 44.5 Å². The minimum absolute atomic E-state index is 0. The Bertz CT molecular complexity index is 2690. The molecule has 5 heterocycles. The van der Waals surface area contributed by atoms with E-state index >= 15 is 0 Å². The monoisotopic (exact) mass is 792 g/mol. The summed E-state index contributed by atoms with van der Waals surface area (Å²) in [4.78, 5) is 45.9. The zero-order chi connectivity index (χ0) is 38.2. The number of rotatable bonds is 6. The molecule has 0 saturated carbocycles. The fourth-order valence-electron chi connectivity index (χ4n) is 7.26. The van der Waals surface area contributed by atoms with Crippen LogP contribution in [0.15, 0.2) is 133 Å². The number of hydrogen-bond acceptors (Lipinski definition) is 6. The number of fused-ring (bicyclic) bond motifs is 8. The minimum atomic E-state index is -0.409. The Morgan fingerprint density at radius 2 is 0.684 bits per heavy atom. The molecule has 9 heteroatoms. The van der Waals surface area contributed by atoms with Gasteiger partial charge in [0.2, 0.25) is 0 Å². The molecular weight excluding hydrogens is 762 g/mol.